The van der Waals surface area contributed by atoms with E-state index in [0.717, 1.165) is 45.3 Å². The summed E-state index contributed by atoms with van der Waals surface area (Å²) in [7, 11) is 0. The quantitative estimate of drug-likeness (QED) is 0.246. The van der Waals surface area contributed by atoms with Crippen molar-refractivity contribution >= 4 is 50.7 Å². The van der Waals surface area contributed by atoms with E-state index in [2.05, 4.69) is 43.6 Å². The molecule has 3 radical (unpaired) electrons. The number of hydrogen-bond donors (Lipinski definition) is 3. The molecule has 0 aliphatic heterocycles. The zero-order valence-electron chi connectivity index (χ0n) is 18.9. The van der Waals surface area contributed by atoms with Crippen molar-refractivity contribution in [1.82, 2.24) is 5.32 Å². The van der Waals surface area contributed by atoms with Crippen LogP contribution in [-0.2, 0) is 0 Å². The molecule has 5 nitrogen and oxygen atoms in total. The summed E-state index contributed by atoms with van der Waals surface area (Å²) < 4.78 is 0. The predicted molar refractivity (Wildman–Crippen MR) is 138 cm³/mol. The molecule has 0 saturated carbocycles. The summed E-state index contributed by atoms with van der Waals surface area (Å²) in [5.41, 5.74) is 0.236. The molecule has 0 aromatic heterocycles. The van der Waals surface area contributed by atoms with Crippen LogP contribution in [0.2, 0.25) is 0 Å². The molecule has 1 aromatic rings. The summed E-state index contributed by atoms with van der Waals surface area (Å²) >= 11 is 0. The molecule has 169 valence electrons. The molecular weight excluding hydrogens is 473 g/mol. The molecule has 0 saturated heterocycles. The molecule has 28 heavy (non-hydrogen) atoms. The van der Waals surface area contributed by atoms with E-state index < -0.39 is 0 Å². The second kappa shape index (κ2) is 20.1. The van der Waals surface area contributed by atoms with Crippen LogP contribution in [0.4, 0.5) is 11.4 Å². The van der Waals surface area contributed by atoms with Gasteiger partial charge < -0.3 is 16.0 Å². The van der Waals surface area contributed by atoms with E-state index in [9.17, 15) is 9.59 Å². The van der Waals surface area contributed by atoms with Gasteiger partial charge in [0.2, 0.25) is 0 Å². The van der Waals surface area contributed by atoms with Gasteiger partial charge in [0.15, 0.2) is 0 Å². The Hall–Kier alpha value is -0.140. The number of hydrogen-bond acceptors (Lipinski definition) is 5. The van der Waals surface area contributed by atoms with Crippen LogP contribution >= 0.6 is 13.5 Å². The summed E-state index contributed by atoms with van der Waals surface area (Å²) in [6, 6.07) is 0.548. The van der Waals surface area contributed by atoms with Crippen LogP contribution in [0.25, 0.3) is 0 Å². The number of unbranched alkanes of at least 4 members (excludes halogenated alkanes) is 3. The number of anilines is 2. The largest absolute Gasteiger partial charge is 0.380 e. The van der Waals surface area contributed by atoms with Crippen LogP contribution in [0.3, 0.4) is 0 Å². The molecule has 0 spiro atoms. The Bertz CT molecular complexity index is 558. The third kappa shape index (κ3) is 13.9. The Morgan fingerprint density at radius 1 is 0.750 bits per heavy atom. The normalized spacial score (nSPS) is 10.1. The van der Waals surface area contributed by atoms with Gasteiger partial charge in [0.1, 0.15) is 11.4 Å². The van der Waals surface area contributed by atoms with Crippen molar-refractivity contribution in [2.75, 3.05) is 30.3 Å². The van der Waals surface area contributed by atoms with Gasteiger partial charge in [-0.25, -0.2) is 0 Å². The van der Waals surface area contributed by atoms with Crippen LogP contribution in [0.15, 0.2) is 9.59 Å². The molecule has 0 heterocycles. The molecule has 7 heteroatoms. The minimum atomic E-state index is -0.373. The number of nitrogens with one attached hydrogen (secondary N) is 3. The summed E-state index contributed by atoms with van der Waals surface area (Å²) in [6.45, 7) is 15.2. The first-order valence-electron chi connectivity index (χ1n) is 10.5. The second-order valence-corrected chi connectivity index (χ2v) is 7.32. The molecule has 1 rings (SSSR count). The summed E-state index contributed by atoms with van der Waals surface area (Å²) in [5, 5.41) is 9.67. The molecule has 3 N–H and O–H groups in total. The molecule has 0 aliphatic carbocycles. The van der Waals surface area contributed by atoms with E-state index >= 15 is 0 Å². The van der Waals surface area contributed by atoms with E-state index in [-0.39, 0.29) is 54.5 Å². The van der Waals surface area contributed by atoms with Crippen LogP contribution in [0.1, 0.15) is 84.3 Å². The van der Waals surface area contributed by atoms with Crippen molar-refractivity contribution in [3.8, 4) is 0 Å². The summed E-state index contributed by atoms with van der Waals surface area (Å²) in [5.74, 6) is 0.660. The van der Waals surface area contributed by atoms with E-state index in [1.54, 1.807) is 0 Å². The molecule has 0 aliphatic rings. The molecule has 0 unspecified atom stereocenters. The maximum atomic E-state index is 11.7. The monoisotopic (exact) mass is 522 g/mol. The van der Waals surface area contributed by atoms with Crippen molar-refractivity contribution < 1.29 is 4.28 Å². The van der Waals surface area contributed by atoms with Gasteiger partial charge in [-0.3, -0.25) is 9.59 Å². The summed E-state index contributed by atoms with van der Waals surface area (Å²) in [4.78, 5) is 23.3. The maximum absolute atomic E-state index is 11.7. The molecule has 0 atom stereocenters. The Morgan fingerprint density at radius 3 is 1.61 bits per heavy atom. The van der Waals surface area contributed by atoms with Gasteiger partial charge in [-0.2, -0.15) is 13.5 Å². The van der Waals surface area contributed by atoms with Crippen molar-refractivity contribution in [2.24, 2.45) is 5.92 Å². The standard InChI is InChI=1S/C19H35N3O2.C2H6.In.H2S.3H2/c1-14(2)10-9-13-22-17-16(18(23)19(17)24)21-12-8-6-5-7-11-20-15(3)4;1-2;;;;;/h14-15,20-22H,5-13H2,1-4H3;1-2H3;;1H2;3*1H. The zero-order valence-corrected chi connectivity index (χ0v) is 23.2. The smallest absolute Gasteiger partial charge is 0.253 e. The Labute approximate surface area is 202 Å². The van der Waals surface area contributed by atoms with Crippen LogP contribution in [-0.4, -0.2) is 51.5 Å². The van der Waals surface area contributed by atoms with Crippen LogP contribution < -0.4 is 26.8 Å². The second-order valence-electron chi connectivity index (χ2n) is 7.32. The fourth-order valence-electron chi connectivity index (χ4n) is 2.66. The first kappa shape index (κ1) is 32.5. The minimum absolute atomic E-state index is 0. The molecule has 0 amide bonds. The Kier molecular flexibility index (Phi) is 23.4. The van der Waals surface area contributed by atoms with Gasteiger partial charge >= 0.3 is 0 Å². The predicted octanol–water partition coefficient (Wildman–Crippen LogP) is 4.60. The molecule has 0 fully saturated rings. The van der Waals surface area contributed by atoms with Crippen molar-refractivity contribution in [3.63, 3.8) is 0 Å². The minimum Gasteiger partial charge on any atom is -0.380 e. The van der Waals surface area contributed by atoms with Gasteiger partial charge in [-0.05, 0) is 38.1 Å². The fourth-order valence-corrected chi connectivity index (χ4v) is 2.66. The van der Waals surface area contributed by atoms with Gasteiger partial charge in [0.25, 0.3) is 10.9 Å². The molecule has 1 aromatic carbocycles. The third-order valence-corrected chi connectivity index (χ3v) is 4.13. The van der Waals surface area contributed by atoms with Crippen LogP contribution in [0, 0.1) is 5.92 Å². The third-order valence-electron chi connectivity index (χ3n) is 4.13. The average molecular weight is 523 g/mol. The first-order valence-corrected chi connectivity index (χ1v) is 10.5. The van der Waals surface area contributed by atoms with E-state index in [0.29, 0.717) is 23.3 Å². The van der Waals surface area contributed by atoms with E-state index in [1.165, 1.54) is 12.8 Å². The van der Waals surface area contributed by atoms with Crippen LogP contribution in [0.5, 0.6) is 0 Å². The fraction of sp³-hybridized carbons (Fsp3) is 0.810. The maximum Gasteiger partial charge on any atom is 0.253 e. The zero-order chi connectivity index (χ0) is 19.9. The van der Waals surface area contributed by atoms with E-state index in [1.807, 2.05) is 13.8 Å². The summed E-state index contributed by atoms with van der Waals surface area (Å²) in [6.07, 6.45) is 6.67. The van der Waals surface area contributed by atoms with Gasteiger partial charge in [-0.1, -0.05) is 54.4 Å². The average Bonchev–Trinajstić information content (AvgIpc) is 2.62. The number of rotatable bonds is 14. The van der Waals surface area contributed by atoms with Gasteiger partial charge in [0.05, 0.1) is 0 Å². The van der Waals surface area contributed by atoms with Gasteiger partial charge in [0, 0.05) is 49.3 Å². The molecular formula is C21H49InN3O2S. The Morgan fingerprint density at radius 2 is 1.18 bits per heavy atom. The van der Waals surface area contributed by atoms with Crippen molar-refractivity contribution in [1.29, 1.82) is 0 Å². The topological polar surface area (TPSA) is 70.2 Å². The SMILES string of the molecule is CC.CC(C)CCCNc1c(NCCCCCCNC(C)C)c(=O)c1=O.S.[HH].[HH].[HH].[In]. The molecule has 0 bridgehead atoms. The first-order chi connectivity index (χ1) is 12.4. The van der Waals surface area contributed by atoms with Gasteiger partial charge in [-0.15, -0.1) is 0 Å². The Balaban J connectivity index is -0.000000216. The van der Waals surface area contributed by atoms with E-state index in [4.69, 9.17) is 0 Å². The van der Waals surface area contributed by atoms with Crippen molar-refractivity contribution in [2.45, 2.75) is 86.1 Å². The van der Waals surface area contributed by atoms with Crippen molar-refractivity contribution in [3.05, 3.63) is 20.4 Å².